The molecule has 0 amide bonds. The molecule has 1 N–H and O–H groups in total. The smallest absolute Gasteiger partial charge is 0.174 e. The summed E-state index contributed by atoms with van der Waals surface area (Å²) in [6.45, 7) is 8.64. The Labute approximate surface area is 252 Å². The molecule has 41 heavy (non-hydrogen) atoms. The van der Waals surface area contributed by atoms with Gasteiger partial charge in [0.15, 0.2) is 5.11 Å². The standard InChI is InChI=1S/C34H33ClN4OS/c1-21-10-6-7-12-30(21)40-24-15-13-23(14-16-24)39-32(31(37-33(39)41)28-11-8-9-17-36-28)26-18-25-22(2)20-34(3,4)38(5)29(25)19-27(26)35/h6-20,31-32H,1-5H3,(H,37,41)/t31-,32-/m0/s1. The zero-order valence-electron chi connectivity index (χ0n) is 23.9. The van der Waals surface area contributed by atoms with E-state index < -0.39 is 0 Å². The molecular weight excluding hydrogens is 548 g/mol. The average molecular weight is 581 g/mol. The molecule has 2 aliphatic heterocycles. The van der Waals surface area contributed by atoms with Crippen LogP contribution in [0.2, 0.25) is 5.02 Å². The number of hydrogen-bond acceptors (Lipinski definition) is 4. The lowest BCUT2D eigenvalue weighted by Gasteiger charge is -2.41. The number of rotatable bonds is 5. The number of ether oxygens (including phenoxy) is 1. The van der Waals surface area contributed by atoms with E-state index in [4.69, 9.17) is 33.5 Å². The Kier molecular flexibility index (Phi) is 7.00. The average Bonchev–Trinajstić information content (AvgIpc) is 3.30. The van der Waals surface area contributed by atoms with Crippen LogP contribution in [0.3, 0.4) is 0 Å². The van der Waals surface area contributed by atoms with Gasteiger partial charge in [-0.3, -0.25) is 4.98 Å². The van der Waals surface area contributed by atoms with E-state index in [0.29, 0.717) is 10.1 Å². The van der Waals surface area contributed by atoms with Crippen molar-refractivity contribution in [3.8, 4) is 11.5 Å². The van der Waals surface area contributed by atoms with Crippen LogP contribution < -0.4 is 19.9 Å². The molecule has 4 aromatic rings. The summed E-state index contributed by atoms with van der Waals surface area (Å²) in [5.74, 6) is 1.60. The van der Waals surface area contributed by atoms with E-state index in [2.05, 4.69) is 61.1 Å². The molecule has 1 saturated heterocycles. The number of hydrogen-bond donors (Lipinski definition) is 1. The minimum Gasteiger partial charge on any atom is -0.457 e. The predicted molar refractivity (Wildman–Crippen MR) is 173 cm³/mol. The fourth-order valence-corrected chi connectivity index (χ4v) is 6.45. The first kappa shape index (κ1) is 27.3. The fraction of sp³-hybridized carbons (Fsp3) is 0.235. The first-order valence-electron chi connectivity index (χ1n) is 13.8. The Bertz CT molecular complexity index is 1650. The number of para-hydroxylation sites is 1. The largest absolute Gasteiger partial charge is 0.457 e. The zero-order chi connectivity index (χ0) is 28.9. The number of anilines is 2. The molecule has 0 saturated carbocycles. The quantitative estimate of drug-likeness (QED) is 0.238. The van der Waals surface area contributed by atoms with Crippen LogP contribution >= 0.6 is 23.8 Å². The number of fused-ring (bicyclic) bond motifs is 1. The summed E-state index contributed by atoms with van der Waals surface area (Å²) in [5, 5.41) is 4.87. The highest BCUT2D eigenvalue weighted by Gasteiger charge is 2.42. The highest BCUT2D eigenvalue weighted by molar-refractivity contribution is 7.80. The summed E-state index contributed by atoms with van der Waals surface area (Å²) in [4.78, 5) is 9.13. The Morgan fingerprint density at radius 3 is 2.41 bits per heavy atom. The number of likely N-dealkylation sites (N-methyl/N-ethyl adjacent to an activating group) is 1. The molecule has 0 unspecified atom stereocenters. The van der Waals surface area contributed by atoms with Crippen LogP contribution in [0.1, 0.15) is 55.2 Å². The van der Waals surface area contributed by atoms with Gasteiger partial charge in [0, 0.05) is 35.2 Å². The van der Waals surface area contributed by atoms with E-state index >= 15 is 0 Å². The molecule has 0 bridgehead atoms. The maximum Gasteiger partial charge on any atom is 0.174 e. The van der Waals surface area contributed by atoms with Crippen molar-refractivity contribution in [3.63, 3.8) is 0 Å². The van der Waals surface area contributed by atoms with Gasteiger partial charge in [0.05, 0.1) is 23.3 Å². The topological polar surface area (TPSA) is 40.6 Å². The molecule has 0 spiro atoms. The van der Waals surface area contributed by atoms with Gasteiger partial charge in [-0.1, -0.05) is 41.9 Å². The van der Waals surface area contributed by atoms with Crippen molar-refractivity contribution in [3.05, 3.63) is 119 Å². The maximum absolute atomic E-state index is 7.15. The minimum absolute atomic E-state index is 0.108. The third-order valence-electron chi connectivity index (χ3n) is 8.19. The van der Waals surface area contributed by atoms with Gasteiger partial charge >= 0.3 is 0 Å². The Morgan fingerprint density at radius 2 is 1.71 bits per heavy atom. The van der Waals surface area contributed by atoms with E-state index in [9.17, 15) is 0 Å². The van der Waals surface area contributed by atoms with Crippen LogP contribution in [-0.2, 0) is 0 Å². The monoisotopic (exact) mass is 580 g/mol. The molecule has 1 fully saturated rings. The second-order valence-electron chi connectivity index (χ2n) is 11.3. The van der Waals surface area contributed by atoms with Crippen LogP contribution in [-0.4, -0.2) is 22.7 Å². The molecule has 3 aromatic carbocycles. The number of thiocarbonyl (C=S) groups is 1. The van der Waals surface area contributed by atoms with Crippen molar-refractivity contribution in [1.29, 1.82) is 0 Å². The maximum atomic E-state index is 7.15. The highest BCUT2D eigenvalue weighted by atomic mass is 35.5. The van der Waals surface area contributed by atoms with Crippen molar-refractivity contribution in [2.75, 3.05) is 16.8 Å². The normalized spacial score (nSPS) is 19.5. The molecule has 3 heterocycles. The number of nitrogens with one attached hydrogen (secondary N) is 1. The van der Waals surface area contributed by atoms with Gasteiger partial charge in [-0.2, -0.15) is 0 Å². The van der Waals surface area contributed by atoms with Crippen molar-refractivity contribution in [2.45, 2.75) is 45.3 Å². The lowest BCUT2D eigenvalue weighted by Crippen LogP contribution is -2.42. The van der Waals surface area contributed by atoms with Crippen molar-refractivity contribution >= 4 is 45.9 Å². The SMILES string of the molecule is CC1=CC(C)(C)N(C)c2cc(Cl)c([C@H]3[C@H](c4ccccn4)NC(=S)N3c3ccc(Oc4ccccc4C)cc3)cc21. The Hall–Kier alpha value is -3.87. The van der Waals surface area contributed by atoms with Gasteiger partial charge in [0.1, 0.15) is 11.5 Å². The van der Waals surface area contributed by atoms with Crippen LogP contribution in [0.5, 0.6) is 11.5 Å². The number of pyridine rings is 1. The lowest BCUT2D eigenvalue weighted by atomic mass is 9.86. The summed E-state index contributed by atoms with van der Waals surface area (Å²) in [7, 11) is 2.12. The molecule has 1 aromatic heterocycles. The summed E-state index contributed by atoms with van der Waals surface area (Å²) in [6.07, 6.45) is 4.13. The number of allylic oxidation sites excluding steroid dienone is 1. The number of halogens is 1. The second kappa shape index (κ2) is 10.5. The number of benzene rings is 3. The third-order valence-corrected chi connectivity index (χ3v) is 8.83. The minimum atomic E-state index is -0.216. The molecule has 6 rings (SSSR count). The molecule has 2 atom stereocenters. The Morgan fingerprint density at radius 1 is 0.976 bits per heavy atom. The summed E-state index contributed by atoms with van der Waals surface area (Å²) < 4.78 is 6.17. The molecular formula is C34H33ClN4OS. The molecule has 208 valence electrons. The first-order chi connectivity index (χ1) is 19.6. The van der Waals surface area contributed by atoms with Gasteiger partial charge in [-0.05, 0) is 111 Å². The van der Waals surface area contributed by atoms with Crippen molar-refractivity contribution in [1.82, 2.24) is 10.3 Å². The van der Waals surface area contributed by atoms with E-state index in [0.717, 1.165) is 39.7 Å². The van der Waals surface area contributed by atoms with E-state index in [-0.39, 0.29) is 17.6 Å². The van der Waals surface area contributed by atoms with Gasteiger partial charge in [0.25, 0.3) is 0 Å². The van der Waals surface area contributed by atoms with Gasteiger partial charge in [-0.25, -0.2) is 0 Å². The van der Waals surface area contributed by atoms with Gasteiger partial charge < -0.3 is 19.9 Å². The third kappa shape index (κ3) is 4.96. The highest BCUT2D eigenvalue weighted by Crippen LogP contribution is 2.48. The fourth-order valence-electron chi connectivity index (χ4n) is 5.84. The molecule has 5 nitrogen and oxygen atoms in total. The van der Waals surface area contributed by atoms with Crippen LogP contribution in [0.15, 0.2) is 91.1 Å². The van der Waals surface area contributed by atoms with E-state index in [1.54, 1.807) is 0 Å². The first-order valence-corrected chi connectivity index (χ1v) is 14.5. The van der Waals surface area contributed by atoms with E-state index in [1.165, 1.54) is 11.1 Å². The summed E-state index contributed by atoms with van der Waals surface area (Å²) in [6, 6.07) is 25.9. The molecule has 0 aliphatic carbocycles. The van der Waals surface area contributed by atoms with Crippen LogP contribution in [0, 0.1) is 6.92 Å². The zero-order valence-corrected chi connectivity index (χ0v) is 25.4. The van der Waals surface area contributed by atoms with E-state index in [1.807, 2.05) is 79.9 Å². The predicted octanol–water partition coefficient (Wildman–Crippen LogP) is 8.64. The van der Waals surface area contributed by atoms with Crippen molar-refractivity contribution in [2.24, 2.45) is 0 Å². The van der Waals surface area contributed by atoms with Gasteiger partial charge in [-0.15, -0.1) is 0 Å². The number of nitrogens with zero attached hydrogens (tertiary/aromatic N) is 3. The van der Waals surface area contributed by atoms with Crippen LogP contribution in [0.25, 0.3) is 5.57 Å². The van der Waals surface area contributed by atoms with Gasteiger partial charge in [0.2, 0.25) is 0 Å². The molecule has 7 heteroatoms. The summed E-state index contributed by atoms with van der Waals surface area (Å²) >= 11 is 13.1. The van der Waals surface area contributed by atoms with Crippen LogP contribution in [0.4, 0.5) is 11.4 Å². The number of aromatic nitrogens is 1. The molecule has 2 aliphatic rings. The van der Waals surface area contributed by atoms with Crippen molar-refractivity contribution < 1.29 is 4.74 Å². The summed E-state index contributed by atoms with van der Waals surface area (Å²) in [5.41, 5.74) is 7.34. The molecule has 0 radical (unpaired) electrons. The lowest BCUT2D eigenvalue weighted by molar-refractivity contribution is 0.479. The Balaban J connectivity index is 1.43. The second-order valence-corrected chi connectivity index (χ2v) is 12.1. The number of aryl methyl sites for hydroxylation is 1.